The Balaban J connectivity index is 1.76. The summed E-state index contributed by atoms with van der Waals surface area (Å²) < 4.78 is 0. The van der Waals surface area contributed by atoms with Crippen LogP contribution in [0.4, 0.5) is 11.4 Å². The fourth-order valence-corrected chi connectivity index (χ4v) is 3.80. The molecule has 1 aliphatic heterocycles. The highest BCUT2D eigenvalue weighted by Gasteiger charge is 2.33. The summed E-state index contributed by atoms with van der Waals surface area (Å²) in [5.41, 5.74) is 5.84. The van der Waals surface area contributed by atoms with Crippen LogP contribution in [0.3, 0.4) is 0 Å². The minimum absolute atomic E-state index is 0.0903. The molecule has 0 spiro atoms. The summed E-state index contributed by atoms with van der Waals surface area (Å²) in [6.45, 7) is 1.53. The third-order valence-electron chi connectivity index (χ3n) is 5.05. The lowest BCUT2D eigenvalue weighted by Gasteiger charge is -2.41. The Hall–Kier alpha value is -2.11. The van der Waals surface area contributed by atoms with Gasteiger partial charge in [0, 0.05) is 24.7 Å². The van der Waals surface area contributed by atoms with E-state index in [0.717, 1.165) is 25.4 Å². The molecule has 0 bridgehead atoms. The van der Waals surface area contributed by atoms with Gasteiger partial charge in [-0.2, -0.15) is 0 Å². The minimum Gasteiger partial charge on any atom is -0.393 e. The molecule has 2 N–H and O–H groups in total. The van der Waals surface area contributed by atoms with Gasteiger partial charge < -0.3 is 10.6 Å². The average molecular weight is 303 g/mol. The molecule has 0 aromatic heterocycles. The third kappa shape index (κ3) is 2.77. The number of likely N-dealkylation sites (tertiary alicyclic amines) is 1. The van der Waals surface area contributed by atoms with Crippen molar-refractivity contribution >= 4 is 17.3 Å². The maximum atomic E-state index is 12.6. The monoisotopic (exact) mass is 303 g/mol. The maximum absolute atomic E-state index is 12.6. The number of carbonyl (C=O) groups excluding carboxylic acids is 1. The van der Waals surface area contributed by atoms with Crippen LogP contribution in [-0.2, 0) is 0 Å². The van der Waals surface area contributed by atoms with Gasteiger partial charge in [-0.05, 0) is 36.8 Å². The van der Waals surface area contributed by atoms with E-state index in [1.165, 1.54) is 37.8 Å². The molecule has 1 aliphatic carbocycles. The fraction of sp³-hybridized carbons (Fsp3) is 0.562. The molecule has 2 aliphatic rings. The number of anilines is 1. The lowest BCUT2D eigenvalue weighted by atomic mass is 9.75. The summed E-state index contributed by atoms with van der Waals surface area (Å²) in [4.78, 5) is 24.9. The van der Waals surface area contributed by atoms with E-state index in [1.807, 2.05) is 4.90 Å². The van der Waals surface area contributed by atoms with E-state index >= 15 is 0 Å². The van der Waals surface area contributed by atoms with E-state index < -0.39 is 4.92 Å². The van der Waals surface area contributed by atoms with Gasteiger partial charge in [0.25, 0.3) is 11.6 Å². The largest absolute Gasteiger partial charge is 0.393 e. The Morgan fingerprint density at radius 1 is 1.23 bits per heavy atom. The van der Waals surface area contributed by atoms with E-state index in [-0.39, 0.29) is 17.3 Å². The number of nitro benzene ring substituents is 1. The van der Waals surface area contributed by atoms with Crippen LogP contribution in [0.1, 0.15) is 42.5 Å². The first-order chi connectivity index (χ1) is 10.6. The second kappa shape index (κ2) is 5.94. The number of hydrogen-bond donors (Lipinski definition) is 1. The molecule has 6 nitrogen and oxygen atoms in total. The van der Waals surface area contributed by atoms with Crippen molar-refractivity contribution in [1.29, 1.82) is 0 Å². The second-order valence-corrected chi connectivity index (χ2v) is 6.38. The Morgan fingerprint density at radius 3 is 2.68 bits per heavy atom. The van der Waals surface area contributed by atoms with Crippen molar-refractivity contribution in [1.82, 2.24) is 4.90 Å². The summed E-state index contributed by atoms with van der Waals surface area (Å²) in [6.07, 6.45) is 6.07. The summed E-state index contributed by atoms with van der Waals surface area (Å²) >= 11 is 0. The Morgan fingerprint density at radius 2 is 1.95 bits per heavy atom. The molecule has 1 saturated heterocycles. The molecule has 1 saturated carbocycles. The molecule has 22 heavy (non-hydrogen) atoms. The number of rotatable bonds is 2. The highest BCUT2D eigenvalue weighted by Crippen LogP contribution is 2.36. The van der Waals surface area contributed by atoms with Gasteiger partial charge in [0.15, 0.2) is 0 Å². The van der Waals surface area contributed by atoms with Crippen molar-refractivity contribution in [3.8, 4) is 0 Å². The summed E-state index contributed by atoms with van der Waals surface area (Å²) in [6, 6.07) is 4.32. The first-order valence-electron chi connectivity index (χ1n) is 7.89. The highest BCUT2D eigenvalue weighted by atomic mass is 16.6. The number of piperidine rings is 1. The van der Waals surface area contributed by atoms with E-state index in [9.17, 15) is 14.9 Å². The SMILES string of the molecule is Nc1ccc(C(=O)N2CC[C@H]3CCCC[C@H]3C2)cc1[N+](=O)[O-]. The summed E-state index contributed by atoms with van der Waals surface area (Å²) in [5.74, 6) is 1.22. The first-order valence-corrected chi connectivity index (χ1v) is 7.89. The number of benzene rings is 1. The van der Waals surface area contributed by atoms with Gasteiger partial charge in [0.05, 0.1) is 4.92 Å². The molecule has 118 valence electrons. The first kappa shape index (κ1) is 14.8. The zero-order valence-electron chi connectivity index (χ0n) is 12.5. The second-order valence-electron chi connectivity index (χ2n) is 6.38. The predicted octanol–water partition coefficient (Wildman–Crippen LogP) is 2.83. The maximum Gasteiger partial charge on any atom is 0.292 e. The normalized spacial score (nSPS) is 24.6. The van der Waals surface area contributed by atoms with Crippen molar-refractivity contribution in [3.05, 3.63) is 33.9 Å². The van der Waals surface area contributed by atoms with Crippen molar-refractivity contribution in [2.45, 2.75) is 32.1 Å². The number of nitrogens with two attached hydrogens (primary N) is 1. The summed E-state index contributed by atoms with van der Waals surface area (Å²) in [5, 5.41) is 11.0. The molecule has 1 aromatic rings. The van der Waals surface area contributed by atoms with Gasteiger partial charge in [-0.1, -0.05) is 19.3 Å². The van der Waals surface area contributed by atoms with Crippen LogP contribution in [0, 0.1) is 22.0 Å². The molecule has 2 atom stereocenters. The van der Waals surface area contributed by atoms with Gasteiger partial charge >= 0.3 is 0 Å². The number of nitro groups is 1. The molecular weight excluding hydrogens is 282 g/mol. The molecule has 3 rings (SSSR count). The number of nitrogen functional groups attached to an aromatic ring is 1. The molecule has 0 unspecified atom stereocenters. The van der Waals surface area contributed by atoms with Gasteiger partial charge in [0.2, 0.25) is 0 Å². The molecule has 6 heteroatoms. The van der Waals surface area contributed by atoms with Crippen LogP contribution in [0.15, 0.2) is 18.2 Å². The number of fused-ring (bicyclic) bond motifs is 1. The number of amides is 1. The van der Waals surface area contributed by atoms with Crippen LogP contribution < -0.4 is 5.73 Å². The standard InChI is InChI=1S/C16H21N3O3/c17-14-6-5-12(9-15(14)19(21)22)16(20)18-8-7-11-3-1-2-4-13(11)10-18/h5-6,9,11,13H,1-4,7-8,10,17H2/t11-,13+/m1/s1. The third-order valence-corrected chi connectivity index (χ3v) is 5.05. The number of hydrogen-bond acceptors (Lipinski definition) is 4. The van der Waals surface area contributed by atoms with Crippen LogP contribution in [0.2, 0.25) is 0 Å². The lowest BCUT2D eigenvalue weighted by molar-refractivity contribution is -0.383. The molecule has 0 radical (unpaired) electrons. The van der Waals surface area contributed by atoms with E-state index in [0.29, 0.717) is 11.5 Å². The number of carbonyl (C=O) groups is 1. The minimum atomic E-state index is -0.542. The lowest BCUT2D eigenvalue weighted by Crippen LogP contribution is -2.44. The molecule has 2 fully saturated rings. The fourth-order valence-electron chi connectivity index (χ4n) is 3.80. The van der Waals surface area contributed by atoms with Crippen molar-refractivity contribution in [2.24, 2.45) is 11.8 Å². The van der Waals surface area contributed by atoms with Gasteiger partial charge in [-0.15, -0.1) is 0 Å². The highest BCUT2D eigenvalue weighted by molar-refractivity contribution is 5.95. The Labute approximate surface area is 129 Å². The molecular formula is C16H21N3O3. The van der Waals surface area contributed by atoms with E-state index in [4.69, 9.17) is 5.73 Å². The van der Waals surface area contributed by atoms with Crippen molar-refractivity contribution in [2.75, 3.05) is 18.8 Å². The van der Waals surface area contributed by atoms with Crippen LogP contribution in [0.5, 0.6) is 0 Å². The zero-order valence-corrected chi connectivity index (χ0v) is 12.5. The summed E-state index contributed by atoms with van der Waals surface area (Å²) in [7, 11) is 0. The zero-order chi connectivity index (χ0) is 15.7. The van der Waals surface area contributed by atoms with Crippen molar-refractivity contribution < 1.29 is 9.72 Å². The quantitative estimate of drug-likeness (QED) is 0.517. The Bertz CT molecular complexity index is 602. The Kier molecular flexibility index (Phi) is 4.00. The van der Waals surface area contributed by atoms with Gasteiger partial charge in [-0.3, -0.25) is 14.9 Å². The smallest absolute Gasteiger partial charge is 0.292 e. The van der Waals surface area contributed by atoms with Gasteiger partial charge in [-0.25, -0.2) is 0 Å². The van der Waals surface area contributed by atoms with Crippen LogP contribution >= 0.6 is 0 Å². The van der Waals surface area contributed by atoms with E-state index in [1.54, 1.807) is 6.07 Å². The molecule has 1 heterocycles. The van der Waals surface area contributed by atoms with E-state index in [2.05, 4.69) is 0 Å². The topological polar surface area (TPSA) is 89.5 Å². The van der Waals surface area contributed by atoms with Crippen LogP contribution in [0.25, 0.3) is 0 Å². The predicted molar refractivity (Wildman–Crippen MR) is 83.5 cm³/mol. The number of nitrogens with zero attached hydrogens (tertiary/aromatic N) is 2. The van der Waals surface area contributed by atoms with Crippen LogP contribution in [-0.4, -0.2) is 28.8 Å². The van der Waals surface area contributed by atoms with Gasteiger partial charge in [0.1, 0.15) is 5.69 Å². The molecule has 1 amide bonds. The average Bonchev–Trinajstić information content (AvgIpc) is 2.54. The van der Waals surface area contributed by atoms with Crippen molar-refractivity contribution in [3.63, 3.8) is 0 Å². The molecule has 1 aromatic carbocycles.